The van der Waals surface area contributed by atoms with E-state index >= 15 is 0 Å². The normalized spacial score (nSPS) is 8.92. The van der Waals surface area contributed by atoms with E-state index in [2.05, 4.69) is 9.97 Å². The van der Waals surface area contributed by atoms with Gasteiger partial charge in [0.2, 0.25) is 11.4 Å². The van der Waals surface area contributed by atoms with Crippen molar-refractivity contribution in [1.29, 1.82) is 0 Å². The molecule has 4 nitrogen and oxygen atoms in total. The monoisotopic (exact) mass is 472 g/mol. The fourth-order valence-corrected chi connectivity index (χ4v) is 2.17. The lowest BCUT2D eigenvalue weighted by Gasteiger charge is -1.91. The molecule has 132 valence electrons. The summed E-state index contributed by atoms with van der Waals surface area (Å²) in [5.41, 5.74) is 2.26. The van der Waals surface area contributed by atoms with E-state index in [1.165, 1.54) is 0 Å². The summed E-state index contributed by atoms with van der Waals surface area (Å²) < 4.78 is 4.09. The first-order valence-electron chi connectivity index (χ1n) is 7.67. The molecule has 4 heterocycles. The van der Waals surface area contributed by atoms with E-state index in [1.807, 2.05) is 94.6 Å². The van der Waals surface area contributed by atoms with Gasteiger partial charge in [0, 0.05) is 73.3 Å². The Kier molecular flexibility index (Phi) is 9.97. The average Bonchev–Trinajstić information content (AvgIpc) is 2.71. The third-order valence-corrected chi connectivity index (χ3v) is 3.35. The summed E-state index contributed by atoms with van der Waals surface area (Å²) in [7, 11) is 0. The Morgan fingerprint density at radius 1 is 0.462 bits per heavy atom. The summed E-state index contributed by atoms with van der Waals surface area (Å²) in [6.45, 7) is 0. The van der Waals surface area contributed by atoms with Crippen molar-refractivity contribution in [2.75, 3.05) is 0 Å². The van der Waals surface area contributed by atoms with Crippen LogP contribution in [0, 0.1) is 0 Å². The molecule has 0 radical (unpaired) electrons. The molecule has 0 N–H and O–H groups in total. The molecular weight excluding hydrogens is 456 g/mol. The Morgan fingerprint density at radius 2 is 0.769 bits per heavy atom. The van der Waals surface area contributed by atoms with Gasteiger partial charge in [-0.2, -0.15) is 9.13 Å². The van der Waals surface area contributed by atoms with Crippen molar-refractivity contribution < 1.29 is 43.1 Å². The van der Waals surface area contributed by atoms with Gasteiger partial charge in [-0.1, -0.05) is 12.1 Å². The predicted molar refractivity (Wildman–Crippen MR) is 91.5 cm³/mol. The highest BCUT2D eigenvalue weighted by molar-refractivity contribution is 5.17. The van der Waals surface area contributed by atoms with Crippen LogP contribution < -0.4 is 43.1 Å². The minimum Gasteiger partial charge on any atom is -1.00 e. The maximum atomic E-state index is 3.96. The molecule has 0 fully saturated rings. The van der Waals surface area contributed by atoms with Gasteiger partial charge in [-0.15, -0.1) is 0 Å². The van der Waals surface area contributed by atoms with Crippen molar-refractivity contribution in [2.45, 2.75) is 0 Å². The van der Waals surface area contributed by atoms with Crippen molar-refractivity contribution in [3.63, 3.8) is 0 Å². The van der Waals surface area contributed by atoms with Crippen LogP contribution >= 0.6 is 0 Å². The first-order chi connectivity index (χ1) is 11.9. The van der Waals surface area contributed by atoms with E-state index in [4.69, 9.17) is 0 Å². The SMILES string of the molecule is [Br-].[Br-].c1cc[n+](-c2ccncc2)cc1.c1cc[n+](-c2ccncc2)cc1. The predicted octanol–water partition coefficient (Wildman–Crippen LogP) is -3.28. The van der Waals surface area contributed by atoms with Gasteiger partial charge >= 0.3 is 0 Å². The van der Waals surface area contributed by atoms with Crippen LogP contribution in [0.5, 0.6) is 0 Å². The van der Waals surface area contributed by atoms with Crippen molar-refractivity contribution in [2.24, 2.45) is 0 Å². The van der Waals surface area contributed by atoms with Crippen molar-refractivity contribution in [3.8, 4) is 11.4 Å². The molecule has 0 bridgehead atoms. The third kappa shape index (κ3) is 6.46. The van der Waals surface area contributed by atoms with Crippen LogP contribution in [0.4, 0.5) is 0 Å². The molecule has 0 unspecified atom stereocenters. The Balaban J connectivity index is 0.000000241. The zero-order valence-electron chi connectivity index (χ0n) is 13.9. The minimum atomic E-state index is 0. The lowest BCUT2D eigenvalue weighted by molar-refractivity contribution is -0.596. The molecule has 0 atom stereocenters. The number of hydrogen-bond donors (Lipinski definition) is 0. The Bertz CT molecular complexity index is 696. The van der Waals surface area contributed by atoms with E-state index in [9.17, 15) is 0 Å². The fraction of sp³-hybridized carbons (Fsp3) is 0. The third-order valence-electron chi connectivity index (χ3n) is 3.35. The minimum absolute atomic E-state index is 0. The Labute approximate surface area is 174 Å². The van der Waals surface area contributed by atoms with Crippen LogP contribution in [0.15, 0.2) is 110 Å². The van der Waals surface area contributed by atoms with Crippen LogP contribution in [0.3, 0.4) is 0 Å². The average molecular weight is 474 g/mol. The van der Waals surface area contributed by atoms with Crippen LogP contribution in [0.1, 0.15) is 0 Å². The number of rotatable bonds is 2. The van der Waals surface area contributed by atoms with E-state index in [1.54, 1.807) is 24.8 Å². The Hall–Kier alpha value is -2.44. The fourth-order valence-electron chi connectivity index (χ4n) is 2.17. The van der Waals surface area contributed by atoms with Crippen molar-refractivity contribution in [1.82, 2.24) is 9.97 Å². The number of hydrogen-bond acceptors (Lipinski definition) is 2. The maximum Gasteiger partial charge on any atom is 0.213 e. The van der Waals surface area contributed by atoms with Crippen LogP contribution in [0.2, 0.25) is 0 Å². The smallest absolute Gasteiger partial charge is 0.213 e. The van der Waals surface area contributed by atoms with E-state index in [0.717, 1.165) is 11.4 Å². The summed E-state index contributed by atoms with van der Waals surface area (Å²) >= 11 is 0. The quantitative estimate of drug-likeness (QED) is 0.286. The molecule has 0 aliphatic carbocycles. The van der Waals surface area contributed by atoms with Crippen molar-refractivity contribution >= 4 is 0 Å². The molecule has 0 aliphatic rings. The summed E-state index contributed by atoms with van der Waals surface area (Å²) in [5, 5.41) is 0. The van der Waals surface area contributed by atoms with Gasteiger partial charge in [0.15, 0.2) is 24.8 Å². The molecule has 4 aromatic heterocycles. The molecule has 0 saturated heterocycles. The van der Waals surface area contributed by atoms with Gasteiger partial charge < -0.3 is 34.0 Å². The molecule has 0 amide bonds. The van der Waals surface area contributed by atoms with E-state index in [0.29, 0.717) is 0 Å². The molecule has 0 spiro atoms. The summed E-state index contributed by atoms with van der Waals surface area (Å²) in [4.78, 5) is 7.92. The molecule has 0 saturated carbocycles. The highest BCUT2D eigenvalue weighted by Crippen LogP contribution is 1.94. The molecule has 0 aliphatic heterocycles. The lowest BCUT2D eigenvalue weighted by atomic mass is 10.4. The standard InChI is InChI=1S/2C10H9N2.2BrH/c2*1-2-8-12(9-3-1)10-4-6-11-7-5-10;;/h2*1-9H;2*1H/q2*+1;;/p-2. The Morgan fingerprint density at radius 3 is 1.08 bits per heavy atom. The maximum absolute atomic E-state index is 3.96. The van der Waals surface area contributed by atoms with E-state index in [-0.39, 0.29) is 34.0 Å². The van der Waals surface area contributed by atoms with Crippen LogP contribution in [0.25, 0.3) is 11.4 Å². The molecule has 4 rings (SSSR count). The zero-order valence-corrected chi connectivity index (χ0v) is 17.1. The highest BCUT2D eigenvalue weighted by Gasteiger charge is 2.01. The molecule has 6 heteroatoms. The summed E-state index contributed by atoms with van der Waals surface area (Å²) in [6.07, 6.45) is 15.2. The highest BCUT2D eigenvalue weighted by atomic mass is 79.9. The second kappa shape index (κ2) is 12.0. The van der Waals surface area contributed by atoms with Crippen LogP contribution in [-0.4, -0.2) is 9.97 Å². The van der Waals surface area contributed by atoms with Gasteiger partial charge in [0.1, 0.15) is 0 Å². The van der Waals surface area contributed by atoms with Crippen molar-refractivity contribution in [3.05, 3.63) is 110 Å². The summed E-state index contributed by atoms with van der Waals surface area (Å²) in [6, 6.07) is 19.9. The van der Waals surface area contributed by atoms with E-state index < -0.39 is 0 Å². The first kappa shape index (κ1) is 21.6. The number of nitrogens with zero attached hydrogens (tertiary/aromatic N) is 4. The van der Waals surface area contributed by atoms with Gasteiger partial charge in [-0.05, 0) is 0 Å². The topological polar surface area (TPSA) is 33.5 Å². The van der Waals surface area contributed by atoms with Gasteiger partial charge in [-0.3, -0.25) is 9.97 Å². The van der Waals surface area contributed by atoms with Crippen LogP contribution in [-0.2, 0) is 0 Å². The molecule has 4 aromatic rings. The lowest BCUT2D eigenvalue weighted by Crippen LogP contribution is -3.00. The van der Waals surface area contributed by atoms with Gasteiger partial charge in [0.25, 0.3) is 0 Å². The largest absolute Gasteiger partial charge is 1.00 e. The second-order valence-corrected chi connectivity index (χ2v) is 4.98. The van der Waals surface area contributed by atoms with Gasteiger partial charge in [-0.25, -0.2) is 0 Å². The zero-order chi connectivity index (χ0) is 16.5. The molecule has 26 heavy (non-hydrogen) atoms. The molecule has 0 aromatic carbocycles. The first-order valence-corrected chi connectivity index (χ1v) is 7.67. The summed E-state index contributed by atoms with van der Waals surface area (Å²) in [5.74, 6) is 0. The van der Waals surface area contributed by atoms with Gasteiger partial charge in [0.05, 0.1) is 0 Å². The number of halogens is 2. The number of pyridine rings is 4. The number of aromatic nitrogens is 4. The molecular formula is C20H18Br2N4. The second-order valence-electron chi connectivity index (χ2n) is 4.98.